The highest BCUT2D eigenvalue weighted by molar-refractivity contribution is 7.08. The summed E-state index contributed by atoms with van der Waals surface area (Å²) >= 11 is 1.27. The number of hydrogen-bond acceptors (Lipinski definition) is 4. The molecular formula is C15H11FO4S. The maximum Gasteiger partial charge on any atom is 0.376 e. The molecule has 108 valence electrons. The minimum absolute atomic E-state index is 0.241. The molecule has 2 rings (SSSR count). The normalized spacial score (nSPS) is 11.4. The van der Waals surface area contributed by atoms with Crippen LogP contribution < -0.4 is 0 Å². The van der Waals surface area contributed by atoms with Gasteiger partial charge in [-0.15, -0.1) is 0 Å². The zero-order chi connectivity index (χ0) is 15.4. The molecular weight excluding hydrogens is 295 g/mol. The van der Waals surface area contributed by atoms with Crippen LogP contribution in [0.15, 0.2) is 41.1 Å². The number of benzene rings is 1. The van der Waals surface area contributed by atoms with Crippen molar-refractivity contribution in [2.45, 2.75) is 6.42 Å². The van der Waals surface area contributed by atoms with Crippen LogP contribution >= 0.6 is 11.3 Å². The summed E-state index contributed by atoms with van der Waals surface area (Å²) in [6, 6.07) is 6.25. The molecule has 0 radical (unpaired) electrons. The van der Waals surface area contributed by atoms with E-state index >= 15 is 0 Å². The van der Waals surface area contributed by atoms with Crippen LogP contribution in [-0.2, 0) is 16.0 Å². The summed E-state index contributed by atoms with van der Waals surface area (Å²) in [5, 5.41) is 21.7. The molecule has 6 heteroatoms. The minimum atomic E-state index is -1.65. The third-order valence-electron chi connectivity index (χ3n) is 2.84. The molecule has 1 aromatic heterocycles. The first-order valence-electron chi connectivity index (χ1n) is 5.96. The Bertz CT molecular complexity index is 718. The molecule has 0 aliphatic carbocycles. The van der Waals surface area contributed by atoms with Gasteiger partial charge in [0.25, 0.3) is 5.78 Å². The number of hydrogen-bond donors (Lipinski definition) is 2. The van der Waals surface area contributed by atoms with Crippen molar-refractivity contribution in [1.29, 1.82) is 0 Å². The van der Waals surface area contributed by atoms with Gasteiger partial charge in [-0.2, -0.15) is 11.3 Å². The lowest BCUT2D eigenvalue weighted by molar-refractivity contribution is -0.146. The molecule has 21 heavy (non-hydrogen) atoms. The lowest BCUT2D eigenvalue weighted by Gasteiger charge is -2.05. The van der Waals surface area contributed by atoms with Gasteiger partial charge in [-0.1, -0.05) is 18.2 Å². The van der Waals surface area contributed by atoms with E-state index in [0.717, 1.165) is 0 Å². The quantitative estimate of drug-likeness (QED) is 0.506. The first kappa shape index (κ1) is 14.9. The van der Waals surface area contributed by atoms with Crippen molar-refractivity contribution in [3.8, 4) is 0 Å². The number of carboxylic acid groups (broad SMARTS) is 1. The van der Waals surface area contributed by atoms with E-state index in [1.807, 2.05) is 0 Å². The predicted molar refractivity (Wildman–Crippen MR) is 76.8 cm³/mol. The molecule has 0 saturated heterocycles. The van der Waals surface area contributed by atoms with E-state index in [2.05, 4.69) is 0 Å². The summed E-state index contributed by atoms with van der Waals surface area (Å²) in [5.41, 5.74) is 1.41. The Labute approximate surface area is 123 Å². The standard InChI is InChI=1S/C15H11FO4S/c16-12-4-2-1-3-9(12)5-10-7-21-8-11(10)13(17)6-14(18)15(19)20/h1-4,6-8,17H,5H2,(H,19,20). The molecule has 0 fully saturated rings. The fraction of sp³-hybridized carbons (Fsp3) is 0.0667. The van der Waals surface area contributed by atoms with Gasteiger partial charge < -0.3 is 10.2 Å². The first-order valence-corrected chi connectivity index (χ1v) is 6.90. The Balaban J connectivity index is 2.29. The second-order valence-corrected chi connectivity index (χ2v) is 5.02. The van der Waals surface area contributed by atoms with Crippen LogP contribution in [0.25, 0.3) is 5.76 Å². The van der Waals surface area contributed by atoms with Crippen LogP contribution in [0.5, 0.6) is 0 Å². The number of carbonyl (C=O) groups excluding carboxylic acids is 1. The molecule has 1 heterocycles. The Kier molecular flexibility index (Phi) is 4.49. The molecule has 0 saturated carbocycles. The molecule has 0 bridgehead atoms. The van der Waals surface area contributed by atoms with Gasteiger partial charge in [-0.3, -0.25) is 4.79 Å². The number of aliphatic hydroxyl groups excluding tert-OH is 1. The average molecular weight is 306 g/mol. The van der Waals surface area contributed by atoms with E-state index in [1.54, 1.807) is 29.0 Å². The SMILES string of the molecule is O=C(O)C(=O)C=C(O)c1cscc1Cc1ccccc1F. The second kappa shape index (κ2) is 6.32. The van der Waals surface area contributed by atoms with Crippen LogP contribution in [0.2, 0.25) is 0 Å². The van der Waals surface area contributed by atoms with Crippen LogP contribution in [0.3, 0.4) is 0 Å². The second-order valence-electron chi connectivity index (χ2n) is 4.28. The Morgan fingerprint density at radius 1 is 1.14 bits per heavy atom. The average Bonchev–Trinajstić information content (AvgIpc) is 2.89. The topological polar surface area (TPSA) is 74.6 Å². The fourth-order valence-electron chi connectivity index (χ4n) is 1.80. The van der Waals surface area contributed by atoms with Gasteiger partial charge in [0.1, 0.15) is 11.6 Å². The molecule has 2 aromatic rings. The van der Waals surface area contributed by atoms with E-state index in [9.17, 15) is 19.1 Å². The molecule has 4 nitrogen and oxygen atoms in total. The lowest BCUT2D eigenvalue weighted by atomic mass is 10.0. The number of aliphatic carboxylic acids is 1. The van der Waals surface area contributed by atoms with Crippen molar-refractivity contribution in [1.82, 2.24) is 0 Å². The fourth-order valence-corrected chi connectivity index (χ4v) is 2.65. The highest BCUT2D eigenvalue weighted by atomic mass is 32.1. The largest absolute Gasteiger partial charge is 0.507 e. The molecule has 0 aliphatic rings. The van der Waals surface area contributed by atoms with Gasteiger partial charge in [0.05, 0.1) is 0 Å². The van der Waals surface area contributed by atoms with Crippen molar-refractivity contribution in [3.63, 3.8) is 0 Å². The summed E-state index contributed by atoms with van der Waals surface area (Å²) in [4.78, 5) is 21.6. The zero-order valence-electron chi connectivity index (χ0n) is 10.7. The van der Waals surface area contributed by atoms with E-state index in [-0.39, 0.29) is 12.2 Å². The number of halogens is 1. The van der Waals surface area contributed by atoms with Crippen molar-refractivity contribution in [2.75, 3.05) is 0 Å². The summed E-state index contributed by atoms with van der Waals surface area (Å²) in [7, 11) is 0. The number of thiophene rings is 1. The van der Waals surface area contributed by atoms with Gasteiger partial charge in [0, 0.05) is 23.4 Å². The third-order valence-corrected chi connectivity index (χ3v) is 3.63. The first-order chi connectivity index (χ1) is 9.99. The number of rotatable bonds is 5. The zero-order valence-corrected chi connectivity index (χ0v) is 11.6. The number of carboxylic acids is 1. The maximum atomic E-state index is 13.6. The van der Waals surface area contributed by atoms with Crippen LogP contribution in [-0.4, -0.2) is 22.0 Å². The van der Waals surface area contributed by atoms with E-state index in [1.165, 1.54) is 17.4 Å². The number of ketones is 1. The monoisotopic (exact) mass is 306 g/mol. The maximum absolute atomic E-state index is 13.6. The van der Waals surface area contributed by atoms with Crippen molar-refractivity contribution >= 4 is 28.8 Å². The van der Waals surface area contributed by atoms with Gasteiger partial charge in [0.15, 0.2) is 0 Å². The van der Waals surface area contributed by atoms with Crippen LogP contribution in [0.4, 0.5) is 4.39 Å². The smallest absolute Gasteiger partial charge is 0.376 e. The molecule has 0 atom stereocenters. The Morgan fingerprint density at radius 3 is 2.52 bits per heavy atom. The molecule has 0 spiro atoms. The van der Waals surface area contributed by atoms with Gasteiger partial charge in [0.2, 0.25) is 0 Å². The highest BCUT2D eigenvalue weighted by Gasteiger charge is 2.14. The lowest BCUT2D eigenvalue weighted by Crippen LogP contribution is -2.09. The third kappa shape index (κ3) is 3.55. The van der Waals surface area contributed by atoms with Crippen molar-refractivity contribution in [3.05, 3.63) is 63.6 Å². The Morgan fingerprint density at radius 2 is 1.86 bits per heavy atom. The summed E-state index contributed by atoms with van der Waals surface area (Å²) in [6.45, 7) is 0. The summed E-state index contributed by atoms with van der Waals surface area (Å²) < 4.78 is 13.6. The summed E-state index contributed by atoms with van der Waals surface area (Å²) in [6.07, 6.45) is 0.889. The van der Waals surface area contributed by atoms with Crippen LogP contribution in [0.1, 0.15) is 16.7 Å². The Hall–Kier alpha value is -2.47. The van der Waals surface area contributed by atoms with Crippen molar-refractivity contribution in [2.24, 2.45) is 0 Å². The van der Waals surface area contributed by atoms with E-state index in [0.29, 0.717) is 22.8 Å². The predicted octanol–water partition coefficient (Wildman–Crippen LogP) is 3.03. The summed E-state index contributed by atoms with van der Waals surface area (Å²) in [5.74, 6) is -3.65. The van der Waals surface area contributed by atoms with E-state index in [4.69, 9.17) is 5.11 Å². The molecule has 2 N–H and O–H groups in total. The highest BCUT2D eigenvalue weighted by Crippen LogP contribution is 2.25. The number of carbonyl (C=O) groups is 2. The van der Waals surface area contributed by atoms with Crippen LogP contribution in [0, 0.1) is 5.82 Å². The molecule has 0 aliphatic heterocycles. The molecule has 0 unspecified atom stereocenters. The minimum Gasteiger partial charge on any atom is -0.507 e. The number of aliphatic hydroxyl groups is 1. The molecule has 0 amide bonds. The van der Waals surface area contributed by atoms with Gasteiger partial charge >= 0.3 is 5.97 Å². The van der Waals surface area contributed by atoms with Crippen molar-refractivity contribution < 1.29 is 24.2 Å². The van der Waals surface area contributed by atoms with Gasteiger partial charge in [-0.25, -0.2) is 9.18 Å². The van der Waals surface area contributed by atoms with E-state index < -0.39 is 17.5 Å². The van der Waals surface area contributed by atoms with Gasteiger partial charge in [-0.05, 0) is 22.6 Å². The molecule has 1 aromatic carbocycles.